The molecule has 5 aromatic rings. The van der Waals surface area contributed by atoms with Crippen LogP contribution in [0, 0.1) is 33.7 Å². The minimum atomic E-state index is -1.50. The number of aliphatic hydroxyl groups is 2. The summed E-state index contributed by atoms with van der Waals surface area (Å²) in [6, 6.07) is 31.8. The number of ether oxygens (including phenoxy) is 3. The number of nitrogens with zero attached hydrogens (tertiary/aromatic N) is 3. The summed E-state index contributed by atoms with van der Waals surface area (Å²) in [5, 5.41) is 38.9. The maximum absolute atomic E-state index is 15.3. The largest absolute Gasteiger partial charge is 0.459 e. The van der Waals surface area contributed by atoms with Crippen molar-refractivity contribution in [3.8, 4) is 17.2 Å². The van der Waals surface area contributed by atoms with Gasteiger partial charge in [-0.3, -0.25) is 14.9 Å². The first-order chi connectivity index (χ1) is 37.2. The lowest BCUT2D eigenvalue weighted by atomic mass is 9.55. The topological polar surface area (TPSA) is 153 Å². The molecule has 1 fully saturated rings. The van der Waals surface area contributed by atoms with Crippen LogP contribution in [0.2, 0.25) is 0 Å². The van der Waals surface area contributed by atoms with Crippen LogP contribution in [0.15, 0.2) is 139 Å². The number of nitro groups is 1. The molecule has 1 saturated carbocycles. The van der Waals surface area contributed by atoms with E-state index in [9.17, 15) is 24.7 Å². The van der Waals surface area contributed by atoms with Gasteiger partial charge in [-0.05, 0) is 126 Å². The Hall–Kier alpha value is -6.41. The Kier molecular flexibility index (Phi) is 20.3. The fourth-order valence-electron chi connectivity index (χ4n) is 11.9. The average molecular weight is 1040 g/mol. The van der Waals surface area contributed by atoms with Crippen LogP contribution in [-0.2, 0) is 27.5 Å². The summed E-state index contributed by atoms with van der Waals surface area (Å²) in [4.78, 5) is 34.6. The number of carbonyl (C=O) groups is 1. The fourth-order valence-corrected chi connectivity index (χ4v) is 11.9. The molecular weight excluding hydrogens is 962 g/mol. The summed E-state index contributed by atoms with van der Waals surface area (Å²) < 4.78 is 36.1. The zero-order chi connectivity index (χ0) is 53.3. The zero-order valence-electron chi connectivity index (χ0n) is 44.2. The Morgan fingerprint density at radius 3 is 2.21 bits per heavy atom. The third-order valence-corrected chi connectivity index (χ3v) is 15.6. The van der Waals surface area contributed by atoms with Crippen molar-refractivity contribution >= 4 is 28.1 Å². The number of fused-ring (bicyclic) bond motifs is 3. The maximum Gasteiger partial charge on any atom is 0.269 e. The van der Waals surface area contributed by atoms with Crippen molar-refractivity contribution in [3.05, 3.63) is 166 Å². The molecule has 0 bridgehead atoms. The van der Waals surface area contributed by atoms with E-state index in [1.54, 1.807) is 30.3 Å². The number of oxime groups is 1. The normalized spacial score (nSPS) is 21.0. The molecule has 404 valence electrons. The number of aliphatic hydroxyl groups excluding tert-OH is 2. The predicted octanol–water partition coefficient (Wildman–Crippen LogP) is 14.5. The number of hydrogen-bond donors (Lipinski definition) is 2. The second-order valence-electron chi connectivity index (χ2n) is 20.8. The third kappa shape index (κ3) is 13.8. The molecule has 2 aliphatic carbocycles. The third-order valence-electron chi connectivity index (χ3n) is 15.6. The van der Waals surface area contributed by atoms with Gasteiger partial charge in [0.05, 0.1) is 23.2 Å². The lowest BCUT2D eigenvalue weighted by molar-refractivity contribution is -0.384. The number of carbonyl (C=O) groups excluding carboxylic acids is 1. The molecule has 0 unspecified atom stereocenters. The Morgan fingerprint density at radius 1 is 0.829 bits per heavy atom. The van der Waals surface area contributed by atoms with E-state index in [1.165, 1.54) is 56.4 Å². The molecule has 2 N–H and O–H groups in total. The molecule has 1 amide bonds. The van der Waals surface area contributed by atoms with Gasteiger partial charge < -0.3 is 34.2 Å². The van der Waals surface area contributed by atoms with Crippen molar-refractivity contribution in [1.82, 2.24) is 4.90 Å². The number of non-ortho nitro benzene ring substituents is 1. The molecule has 13 heteroatoms. The predicted molar refractivity (Wildman–Crippen MR) is 296 cm³/mol. The van der Waals surface area contributed by atoms with Crippen LogP contribution in [0.1, 0.15) is 139 Å². The number of amides is 1. The first-order valence-electron chi connectivity index (χ1n) is 27.8. The number of nitro benzene ring substituents is 1. The monoisotopic (exact) mass is 1040 g/mol. The molecule has 76 heavy (non-hydrogen) atoms. The van der Waals surface area contributed by atoms with Gasteiger partial charge in [-0.1, -0.05) is 131 Å². The molecular formula is C63H76FN3O9. The van der Waals surface area contributed by atoms with Crippen LogP contribution in [-0.4, -0.2) is 63.3 Å². The minimum Gasteiger partial charge on any atom is -0.459 e. The van der Waals surface area contributed by atoms with Crippen molar-refractivity contribution in [3.63, 3.8) is 0 Å². The number of unbranched alkanes of at least 4 members (excludes halogenated alkanes) is 10. The van der Waals surface area contributed by atoms with Crippen LogP contribution in [0.25, 0.3) is 10.8 Å². The first-order valence-corrected chi connectivity index (χ1v) is 27.8. The van der Waals surface area contributed by atoms with Gasteiger partial charge in [-0.25, -0.2) is 4.39 Å². The van der Waals surface area contributed by atoms with Gasteiger partial charge >= 0.3 is 0 Å². The fraction of sp³-hybridized carbons (Fsp3) is 0.460. The van der Waals surface area contributed by atoms with Gasteiger partial charge in [0.15, 0.2) is 0 Å². The summed E-state index contributed by atoms with van der Waals surface area (Å²) in [6.07, 6.45) is 18.7. The standard InChI is InChI=1S/C63H76FN3O9/c1-3-5-6-7-8-9-10-11-12-23-60(70)66(43-45-24-29-50(64)30-25-45)59-42-57(65-74-44-46-26-31-51(32-27-46)67(71)72)55-40-49(21-15-17-36-68)54(22-16-18-37-69)61-56-41-53(75-52-33-28-47-19-13-14-20-48(47)39-52)34-35-58(56)76-63(59,62(55)61)73-38-4-2/h4,13-14,19-20,24-35,39-41,49,54,59,61-62,68-69H,2-3,5-12,15-18,21-23,36-38,42-44H2,1H3/t49-,54+,59-,61+,62+,63+/m0/s1. The molecule has 6 atom stereocenters. The SMILES string of the molecule is C=CCO[C@@]12Oc3ccc(Oc4ccc5ccccc5c4)cc3[C@H]3[C@H](CCCCO)[C@@H](CCCCO)C=C(C(=NOCc4ccc([N+](=O)[O-])cc4)C[C@@H]1N(Cc1ccc(F)cc1)C(=O)CCCCCCCCCCC)[C@H]32. The van der Waals surface area contributed by atoms with Gasteiger partial charge in [0.2, 0.25) is 11.7 Å². The van der Waals surface area contributed by atoms with Crippen molar-refractivity contribution in [2.75, 3.05) is 19.8 Å². The highest BCUT2D eigenvalue weighted by Gasteiger charge is 2.65. The summed E-state index contributed by atoms with van der Waals surface area (Å²) in [7, 11) is 0. The molecule has 0 aromatic heterocycles. The number of benzene rings is 5. The van der Waals surface area contributed by atoms with E-state index in [4.69, 9.17) is 24.2 Å². The number of allylic oxidation sites excluding steroid dienone is 1. The lowest BCUT2D eigenvalue weighted by Gasteiger charge is -2.60. The van der Waals surface area contributed by atoms with Crippen LogP contribution in [0.5, 0.6) is 17.2 Å². The molecule has 0 saturated heterocycles. The highest BCUT2D eigenvalue weighted by atomic mass is 19.1. The summed E-state index contributed by atoms with van der Waals surface area (Å²) >= 11 is 0. The number of rotatable bonds is 30. The second-order valence-corrected chi connectivity index (χ2v) is 20.8. The van der Waals surface area contributed by atoms with E-state index in [1.807, 2.05) is 47.4 Å². The summed E-state index contributed by atoms with van der Waals surface area (Å²) in [5.74, 6) is -0.944. The van der Waals surface area contributed by atoms with Crippen LogP contribution < -0.4 is 9.47 Å². The molecule has 0 spiro atoms. The van der Waals surface area contributed by atoms with Crippen LogP contribution in [0.3, 0.4) is 0 Å². The van der Waals surface area contributed by atoms with E-state index in [0.717, 1.165) is 72.4 Å². The lowest BCUT2D eigenvalue weighted by Crippen LogP contribution is -2.70. The highest BCUT2D eigenvalue weighted by Crippen LogP contribution is 2.62. The van der Waals surface area contributed by atoms with Crippen molar-refractivity contribution in [2.24, 2.45) is 22.9 Å². The first kappa shape index (κ1) is 55.8. The van der Waals surface area contributed by atoms with Crippen molar-refractivity contribution in [2.45, 2.75) is 147 Å². The van der Waals surface area contributed by atoms with Crippen LogP contribution in [0.4, 0.5) is 10.1 Å². The number of hydrogen-bond acceptors (Lipinski definition) is 10. The minimum absolute atomic E-state index is 0.00498. The Morgan fingerprint density at radius 2 is 1.50 bits per heavy atom. The van der Waals surface area contributed by atoms with Gasteiger partial charge in [0, 0.05) is 56.2 Å². The zero-order valence-corrected chi connectivity index (χ0v) is 44.2. The summed E-state index contributed by atoms with van der Waals surface area (Å²) in [5.41, 5.74) is 3.82. The number of halogens is 1. The van der Waals surface area contributed by atoms with Crippen molar-refractivity contribution in [1.29, 1.82) is 0 Å². The Bertz CT molecular complexity index is 2760. The smallest absolute Gasteiger partial charge is 0.269 e. The molecule has 8 rings (SSSR count). The molecule has 5 aromatic carbocycles. The van der Waals surface area contributed by atoms with E-state index >= 15 is 4.79 Å². The Balaban J connectivity index is 1.27. The van der Waals surface area contributed by atoms with Gasteiger partial charge in [-0.2, -0.15) is 0 Å². The van der Waals surface area contributed by atoms with E-state index in [2.05, 4.69) is 37.8 Å². The van der Waals surface area contributed by atoms with Crippen molar-refractivity contribution < 1.29 is 43.4 Å². The molecule has 1 heterocycles. The van der Waals surface area contributed by atoms with Gasteiger partial charge in [0.25, 0.3) is 5.69 Å². The Labute approximate surface area is 447 Å². The highest BCUT2D eigenvalue weighted by molar-refractivity contribution is 6.03. The second kappa shape index (κ2) is 27.6. The average Bonchev–Trinajstić information content (AvgIpc) is 3.55. The van der Waals surface area contributed by atoms with Crippen LogP contribution >= 0.6 is 0 Å². The molecule has 12 nitrogen and oxygen atoms in total. The van der Waals surface area contributed by atoms with E-state index < -0.39 is 22.7 Å². The quantitative estimate of drug-likeness (QED) is 0.0198. The maximum atomic E-state index is 15.3. The molecule has 1 aliphatic heterocycles. The van der Waals surface area contributed by atoms with E-state index in [0.29, 0.717) is 47.8 Å². The van der Waals surface area contributed by atoms with Gasteiger partial charge in [0.1, 0.15) is 35.7 Å². The van der Waals surface area contributed by atoms with Gasteiger partial charge in [-0.15, -0.1) is 6.58 Å². The molecule has 0 radical (unpaired) electrons. The molecule has 3 aliphatic rings. The summed E-state index contributed by atoms with van der Waals surface area (Å²) in [6.45, 7) is 6.71. The van der Waals surface area contributed by atoms with E-state index in [-0.39, 0.29) is 81.0 Å².